The molecule has 2 rings (SSSR count). The summed E-state index contributed by atoms with van der Waals surface area (Å²) in [5.74, 6) is 0. The molecule has 0 aromatic carbocycles. The van der Waals surface area contributed by atoms with Gasteiger partial charge in [-0.25, -0.2) is 4.79 Å². The van der Waals surface area contributed by atoms with Crippen molar-refractivity contribution in [1.29, 1.82) is 0 Å². The average molecular weight is 226 g/mol. The Kier molecular flexibility index (Phi) is 4.45. The first-order valence-corrected chi connectivity index (χ1v) is 6.49. The van der Waals surface area contributed by atoms with Gasteiger partial charge in [-0.3, -0.25) is 0 Å². The first-order valence-electron chi connectivity index (χ1n) is 6.49. The molecule has 0 saturated carbocycles. The largest absolute Gasteiger partial charge is 0.379 e. The molecule has 1 N–H and O–H groups in total. The highest BCUT2D eigenvalue weighted by Gasteiger charge is 2.20. The van der Waals surface area contributed by atoms with E-state index in [1.807, 2.05) is 4.90 Å². The number of ether oxygens (including phenoxy) is 1. The topological polar surface area (TPSA) is 41.6 Å². The van der Waals surface area contributed by atoms with Gasteiger partial charge in [0.05, 0.1) is 12.6 Å². The molecule has 2 heterocycles. The molecule has 0 radical (unpaired) electrons. The number of urea groups is 1. The lowest BCUT2D eigenvalue weighted by Crippen LogP contribution is -2.48. The quantitative estimate of drug-likeness (QED) is 0.740. The number of carbonyl (C=O) groups is 1. The van der Waals surface area contributed by atoms with Crippen LogP contribution in [0.15, 0.2) is 0 Å². The van der Waals surface area contributed by atoms with Crippen molar-refractivity contribution in [3.8, 4) is 0 Å². The first kappa shape index (κ1) is 11.7. The van der Waals surface area contributed by atoms with E-state index in [0.717, 1.165) is 45.4 Å². The molecule has 16 heavy (non-hydrogen) atoms. The van der Waals surface area contributed by atoms with E-state index in [1.54, 1.807) is 0 Å². The van der Waals surface area contributed by atoms with E-state index in [9.17, 15) is 4.79 Å². The summed E-state index contributed by atoms with van der Waals surface area (Å²) in [4.78, 5) is 13.9. The van der Waals surface area contributed by atoms with E-state index in [0.29, 0.717) is 6.61 Å². The molecule has 4 heteroatoms. The Morgan fingerprint density at radius 1 is 1.12 bits per heavy atom. The molecule has 0 aliphatic carbocycles. The molecule has 4 nitrogen and oxygen atoms in total. The van der Waals surface area contributed by atoms with Crippen molar-refractivity contribution in [3.63, 3.8) is 0 Å². The fourth-order valence-corrected chi connectivity index (χ4v) is 2.39. The lowest BCUT2D eigenvalue weighted by atomic mass is 10.1. The third-order valence-electron chi connectivity index (χ3n) is 3.38. The average Bonchev–Trinajstić information content (AvgIpc) is 2.59. The zero-order valence-corrected chi connectivity index (χ0v) is 9.91. The number of hydrogen-bond acceptors (Lipinski definition) is 2. The van der Waals surface area contributed by atoms with Crippen LogP contribution in [0, 0.1) is 0 Å². The zero-order chi connectivity index (χ0) is 11.2. The number of likely N-dealkylation sites (tertiary alicyclic amines) is 1. The highest BCUT2D eigenvalue weighted by atomic mass is 16.5. The number of carbonyl (C=O) groups excluding carboxylic acids is 1. The van der Waals surface area contributed by atoms with Gasteiger partial charge in [0, 0.05) is 19.7 Å². The van der Waals surface area contributed by atoms with Crippen LogP contribution < -0.4 is 5.32 Å². The van der Waals surface area contributed by atoms with Crippen LogP contribution in [0.25, 0.3) is 0 Å². The fourth-order valence-electron chi connectivity index (χ4n) is 2.39. The van der Waals surface area contributed by atoms with Crippen molar-refractivity contribution in [2.75, 3.05) is 26.3 Å². The molecule has 1 unspecified atom stereocenters. The summed E-state index contributed by atoms with van der Waals surface area (Å²) in [5, 5.41) is 3.08. The van der Waals surface area contributed by atoms with Crippen molar-refractivity contribution in [2.45, 2.75) is 44.6 Å². The van der Waals surface area contributed by atoms with Crippen molar-refractivity contribution >= 4 is 6.03 Å². The monoisotopic (exact) mass is 226 g/mol. The van der Waals surface area contributed by atoms with Crippen LogP contribution in [-0.4, -0.2) is 43.3 Å². The summed E-state index contributed by atoms with van der Waals surface area (Å²) in [5.41, 5.74) is 0. The first-order chi connectivity index (χ1) is 7.86. The van der Waals surface area contributed by atoms with Crippen molar-refractivity contribution in [1.82, 2.24) is 10.2 Å². The molecule has 2 amide bonds. The summed E-state index contributed by atoms with van der Waals surface area (Å²) in [6.45, 7) is 3.36. The third kappa shape index (κ3) is 3.37. The minimum Gasteiger partial charge on any atom is -0.379 e. The van der Waals surface area contributed by atoms with Gasteiger partial charge in [0.1, 0.15) is 0 Å². The number of rotatable bonds is 1. The maximum Gasteiger partial charge on any atom is 0.317 e. The predicted octanol–water partition coefficient (Wildman–Crippen LogP) is 1.75. The Balaban J connectivity index is 1.76. The Morgan fingerprint density at radius 2 is 1.88 bits per heavy atom. The second-order valence-electron chi connectivity index (χ2n) is 4.76. The van der Waals surface area contributed by atoms with E-state index in [2.05, 4.69) is 5.32 Å². The van der Waals surface area contributed by atoms with Gasteiger partial charge >= 0.3 is 6.03 Å². The minimum atomic E-state index is 0.109. The number of nitrogens with zero attached hydrogens (tertiary/aromatic N) is 1. The van der Waals surface area contributed by atoms with Crippen LogP contribution in [-0.2, 0) is 4.74 Å². The Morgan fingerprint density at radius 3 is 2.50 bits per heavy atom. The van der Waals surface area contributed by atoms with Crippen molar-refractivity contribution in [3.05, 3.63) is 0 Å². The van der Waals surface area contributed by atoms with Gasteiger partial charge < -0.3 is 15.0 Å². The Bertz CT molecular complexity index is 219. The molecule has 2 aliphatic rings. The summed E-state index contributed by atoms with van der Waals surface area (Å²) in [7, 11) is 0. The second kappa shape index (κ2) is 6.09. The minimum absolute atomic E-state index is 0.109. The van der Waals surface area contributed by atoms with Gasteiger partial charge in [0.2, 0.25) is 0 Å². The molecule has 0 bridgehead atoms. The standard InChI is InChI=1S/C12H22N2O2/c15-12(13-11-6-5-9-16-10-11)14-7-3-1-2-4-8-14/h11H,1-10H2,(H,13,15). The molecule has 0 aromatic heterocycles. The van der Waals surface area contributed by atoms with E-state index < -0.39 is 0 Å². The van der Waals surface area contributed by atoms with Crippen molar-refractivity contribution < 1.29 is 9.53 Å². The summed E-state index contributed by atoms with van der Waals surface area (Å²) < 4.78 is 5.36. The summed E-state index contributed by atoms with van der Waals surface area (Å²) in [6.07, 6.45) is 6.93. The number of hydrogen-bond donors (Lipinski definition) is 1. The summed E-state index contributed by atoms with van der Waals surface area (Å²) >= 11 is 0. The van der Waals surface area contributed by atoms with Gasteiger partial charge in [0.25, 0.3) is 0 Å². The maximum atomic E-state index is 12.0. The van der Waals surface area contributed by atoms with Crippen LogP contribution in [0.2, 0.25) is 0 Å². The number of amides is 2. The molecule has 0 spiro atoms. The normalized spacial score (nSPS) is 27.2. The van der Waals surface area contributed by atoms with E-state index in [-0.39, 0.29) is 12.1 Å². The SMILES string of the molecule is O=C(NC1CCCOC1)N1CCCCCC1. The van der Waals surface area contributed by atoms with Crippen LogP contribution >= 0.6 is 0 Å². The van der Waals surface area contributed by atoms with Gasteiger partial charge in [0.15, 0.2) is 0 Å². The van der Waals surface area contributed by atoms with Gasteiger partial charge in [-0.05, 0) is 25.7 Å². The maximum absolute atomic E-state index is 12.0. The molecule has 0 aromatic rings. The van der Waals surface area contributed by atoms with Gasteiger partial charge in [-0.1, -0.05) is 12.8 Å². The molecule has 2 aliphatic heterocycles. The zero-order valence-electron chi connectivity index (χ0n) is 9.91. The third-order valence-corrected chi connectivity index (χ3v) is 3.38. The van der Waals surface area contributed by atoms with E-state index >= 15 is 0 Å². The lowest BCUT2D eigenvalue weighted by Gasteiger charge is -2.27. The van der Waals surface area contributed by atoms with Gasteiger partial charge in [-0.15, -0.1) is 0 Å². The van der Waals surface area contributed by atoms with Crippen LogP contribution in [0.1, 0.15) is 38.5 Å². The lowest BCUT2D eigenvalue weighted by molar-refractivity contribution is 0.0707. The molecular formula is C12H22N2O2. The fraction of sp³-hybridized carbons (Fsp3) is 0.917. The second-order valence-corrected chi connectivity index (χ2v) is 4.76. The Hall–Kier alpha value is -0.770. The number of nitrogens with one attached hydrogen (secondary N) is 1. The van der Waals surface area contributed by atoms with Crippen molar-refractivity contribution in [2.24, 2.45) is 0 Å². The molecule has 2 fully saturated rings. The molecule has 92 valence electrons. The molecular weight excluding hydrogens is 204 g/mol. The van der Waals surface area contributed by atoms with Crippen LogP contribution in [0.5, 0.6) is 0 Å². The highest BCUT2D eigenvalue weighted by Crippen LogP contribution is 2.11. The highest BCUT2D eigenvalue weighted by molar-refractivity contribution is 5.74. The molecule has 1 atom stereocenters. The smallest absolute Gasteiger partial charge is 0.317 e. The van der Waals surface area contributed by atoms with Crippen LogP contribution in [0.3, 0.4) is 0 Å². The van der Waals surface area contributed by atoms with Gasteiger partial charge in [-0.2, -0.15) is 0 Å². The van der Waals surface area contributed by atoms with Crippen LogP contribution in [0.4, 0.5) is 4.79 Å². The molecule has 2 saturated heterocycles. The Labute approximate surface area is 97.3 Å². The van der Waals surface area contributed by atoms with E-state index in [1.165, 1.54) is 12.8 Å². The predicted molar refractivity (Wildman–Crippen MR) is 62.4 cm³/mol. The van der Waals surface area contributed by atoms with E-state index in [4.69, 9.17) is 4.74 Å². The summed E-state index contributed by atoms with van der Waals surface area (Å²) in [6, 6.07) is 0.335.